The number of nitrogens with zero attached hydrogens (tertiary/aromatic N) is 2. The molecule has 0 spiro atoms. The molecule has 0 bridgehead atoms. The summed E-state index contributed by atoms with van der Waals surface area (Å²) in [6.45, 7) is 0. The molecule has 24 heavy (non-hydrogen) atoms. The number of benzene rings is 2. The third kappa shape index (κ3) is 4.24. The number of para-hydroxylation sites is 1. The van der Waals surface area contributed by atoms with Crippen molar-refractivity contribution in [2.24, 2.45) is 10.2 Å². The normalized spacial score (nSPS) is 19.1. The summed E-state index contributed by atoms with van der Waals surface area (Å²) in [5.41, 5.74) is 1.66. The number of rotatable bonds is 4. The molecule has 122 valence electrons. The Balaban J connectivity index is 1.63. The van der Waals surface area contributed by atoms with Gasteiger partial charge < -0.3 is 10.4 Å². The number of thioether (sulfide) groups is 1. The highest BCUT2D eigenvalue weighted by Gasteiger charge is 2.30. The average molecular weight is 404 g/mol. The zero-order valence-electron chi connectivity index (χ0n) is 12.5. The predicted octanol–water partition coefficient (Wildman–Crippen LogP) is 3.32. The molecule has 3 rings (SSSR count). The van der Waals surface area contributed by atoms with Gasteiger partial charge in [-0.25, -0.2) is 0 Å². The van der Waals surface area contributed by atoms with Gasteiger partial charge in [-0.05, 0) is 36.2 Å². The summed E-state index contributed by atoms with van der Waals surface area (Å²) in [6, 6.07) is 14.7. The Labute approximate surface area is 152 Å². The maximum Gasteiger partial charge on any atom is 0.239 e. The van der Waals surface area contributed by atoms with E-state index in [-0.39, 0.29) is 16.9 Å². The Bertz CT molecular complexity index is 806. The maximum absolute atomic E-state index is 12.0. The number of nitrogens with one attached hydrogen (secondary N) is 1. The molecule has 1 aliphatic heterocycles. The Hall–Kier alpha value is -2.12. The highest BCUT2D eigenvalue weighted by Crippen LogP contribution is 2.24. The third-order valence-corrected chi connectivity index (χ3v) is 4.99. The minimum Gasteiger partial charge on any atom is -0.507 e. The van der Waals surface area contributed by atoms with E-state index in [4.69, 9.17) is 0 Å². The topological polar surface area (TPSA) is 74.0 Å². The summed E-state index contributed by atoms with van der Waals surface area (Å²) >= 11 is 4.75. The van der Waals surface area contributed by atoms with E-state index in [0.717, 1.165) is 10.0 Å². The lowest BCUT2D eigenvalue weighted by molar-refractivity contribution is -0.118. The van der Waals surface area contributed by atoms with Gasteiger partial charge in [-0.1, -0.05) is 52.0 Å². The zero-order chi connectivity index (χ0) is 16.9. The molecule has 1 amide bonds. The maximum atomic E-state index is 12.0. The lowest BCUT2D eigenvalue weighted by Crippen LogP contribution is -2.25. The van der Waals surface area contributed by atoms with Gasteiger partial charge in [0, 0.05) is 10.0 Å². The van der Waals surface area contributed by atoms with Crippen LogP contribution in [0.15, 0.2) is 63.2 Å². The summed E-state index contributed by atoms with van der Waals surface area (Å²) < 4.78 is 1.01. The lowest BCUT2D eigenvalue weighted by Gasteiger charge is -2.05. The van der Waals surface area contributed by atoms with Crippen molar-refractivity contribution in [2.45, 2.75) is 11.7 Å². The van der Waals surface area contributed by atoms with Crippen molar-refractivity contribution in [3.05, 3.63) is 64.1 Å². The summed E-state index contributed by atoms with van der Waals surface area (Å²) in [7, 11) is 0. The Morgan fingerprint density at radius 2 is 1.96 bits per heavy atom. The van der Waals surface area contributed by atoms with Gasteiger partial charge in [-0.3, -0.25) is 4.79 Å². The Morgan fingerprint density at radius 1 is 1.21 bits per heavy atom. The molecule has 1 atom stereocenters. The van der Waals surface area contributed by atoms with E-state index in [2.05, 4.69) is 31.4 Å². The highest BCUT2D eigenvalue weighted by atomic mass is 79.9. The molecule has 5 nitrogen and oxygen atoms in total. The molecule has 0 radical (unpaired) electrons. The minimum absolute atomic E-state index is 0.0700. The van der Waals surface area contributed by atoms with E-state index in [1.165, 1.54) is 18.0 Å². The van der Waals surface area contributed by atoms with Crippen LogP contribution in [0.25, 0.3) is 0 Å². The third-order valence-electron chi connectivity index (χ3n) is 3.39. The van der Waals surface area contributed by atoms with E-state index in [1.807, 2.05) is 24.3 Å². The van der Waals surface area contributed by atoms with Gasteiger partial charge in [0.2, 0.25) is 5.91 Å². The SMILES string of the molecule is O=C1N/C(=N\N=C\c2ccccc2O)SC1Cc1ccc(Br)cc1. The smallest absolute Gasteiger partial charge is 0.239 e. The summed E-state index contributed by atoms with van der Waals surface area (Å²) in [6.07, 6.45) is 2.09. The van der Waals surface area contributed by atoms with E-state index in [0.29, 0.717) is 17.2 Å². The lowest BCUT2D eigenvalue weighted by atomic mass is 10.1. The quantitative estimate of drug-likeness (QED) is 0.607. The molecule has 1 fully saturated rings. The molecule has 1 saturated heterocycles. The number of amidine groups is 1. The van der Waals surface area contributed by atoms with Crippen LogP contribution in [0.4, 0.5) is 0 Å². The standard InChI is InChI=1S/C17H14BrN3O2S/c18-13-7-5-11(6-8-13)9-15-16(23)20-17(24-15)21-19-10-12-3-1-2-4-14(12)22/h1-8,10,15,22H,9H2,(H,20,21,23)/b19-10+. The van der Waals surface area contributed by atoms with Crippen molar-refractivity contribution in [3.8, 4) is 5.75 Å². The predicted molar refractivity (Wildman–Crippen MR) is 101 cm³/mol. The zero-order valence-corrected chi connectivity index (χ0v) is 14.9. The number of halogens is 1. The molecule has 0 aliphatic carbocycles. The van der Waals surface area contributed by atoms with Crippen molar-refractivity contribution in [2.75, 3.05) is 0 Å². The van der Waals surface area contributed by atoms with Gasteiger partial charge in [-0.15, -0.1) is 5.10 Å². The number of amides is 1. The fourth-order valence-corrected chi connectivity index (χ4v) is 3.39. The van der Waals surface area contributed by atoms with Gasteiger partial charge in [0.25, 0.3) is 0 Å². The fraction of sp³-hybridized carbons (Fsp3) is 0.118. The molecule has 7 heteroatoms. The van der Waals surface area contributed by atoms with E-state index < -0.39 is 0 Å². The van der Waals surface area contributed by atoms with E-state index in [1.54, 1.807) is 24.3 Å². The highest BCUT2D eigenvalue weighted by molar-refractivity contribution is 9.10. The van der Waals surface area contributed by atoms with Gasteiger partial charge >= 0.3 is 0 Å². The molecule has 1 heterocycles. The number of phenols is 1. The Morgan fingerprint density at radius 3 is 2.71 bits per heavy atom. The van der Waals surface area contributed by atoms with Crippen LogP contribution < -0.4 is 5.32 Å². The second-order valence-corrected chi connectivity index (χ2v) is 7.24. The first kappa shape index (κ1) is 16.7. The van der Waals surface area contributed by atoms with Crippen LogP contribution in [0, 0.1) is 0 Å². The first-order chi connectivity index (χ1) is 11.6. The van der Waals surface area contributed by atoms with Crippen molar-refractivity contribution >= 4 is 45.0 Å². The fourth-order valence-electron chi connectivity index (χ4n) is 2.16. The Kier molecular flexibility index (Phi) is 5.32. The summed E-state index contributed by atoms with van der Waals surface area (Å²) in [5.74, 6) is 0.0668. The first-order valence-electron chi connectivity index (χ1n) is 7.23. The van der Waals surface area contributed by atoms with Crippen molar-refractivity contribution in [1.29, 1.82) is 0 Å². The van der Waals surface area contributed by atoms with Crippen molar-refractivity contribution in [1.82, 2.24) is 5.32 Å². The molecule has 0 saturated carbocycles. The van der Waals surface area contributed by atoms with Gasteiger partial charge in [0.15, 0.2) is 5.17 Å². The molecule has 0 aromatic heterocycles. The number of carbonyl (C=O) groups excluding carboxylic acids is 1. The van der Waals surface area contributed by atoms with Gasteiger partial charge in [0.05, 0.1) is 11.5 Å². The summed E-state index contributed by atoms with van der Waals surface area (Å²) in [4.78, 5) is 12.0. The molecule has 2 aromatic carbocycles. The number of aromatic hydroxyl groups is 1. The van der Waals surface area contributed by atoms with Crippen LogP contribution in [0.1, 0.15) is 11.1 Å². The van der Waals surface area contributed by atoms with Crippen LogP contribution >= 0.6 is 27.7 Å². The van der Waals surface area contributed by atoms with Crippen molar-refractivity contribution < 1.29 is 9.90 Å². The number of hydrogen-bond donors (Lipinski definition) is 2. The number of hydrogen-bond acceptors (Lipinski definition) is 5. The van der Waals surface area contributed by atoms with Crippen LogP contribution in [0.5, 0.6) is 5.75 Å². The largest absolute Gasteiger partial charge is 0.507 e. The van der Waals surface area contributed by atoms with Crippen molar-refractivity contribution in [3.63, 3.8) is 0 Å². The molecule has 1 unspecified atom stereocenters. The second-order valence-electron chi connectivity index (χ2n) is 5.13. The van der Waals surface area contributed by atoms with Crippen LogP contribution in [-0.2, 0) is 11.2 Å². The van der Waals surface area contributed by atoms with E-state index in [9.17, 15) is 9.90 Å². The van der Waals surface area contributed by atoms with Crippen LogP contribution in [0.3, 0.4) is 0 Å². The molecule has 1 aliphatic rings. The molecule has 2 aromatic rings. The second kappa shape index (κ2) is 7.63. The first-order valence-corrected chi connectivity index (χ1v) is 8.90. The van der Waals surface area contributed by atoms with E-state index >= 15 is 0 Å². The molecular formula is C17H14BrN3O2S. The number of phenolic OH excluding ortho intramolecular Hbond substituents is 1. The monoisotopic (exact) mass is 403 g/mol. The molecule has 2 N–H and O–H groups in total. The van der Waals surface area contributed by atoms with Crippen LogP contribution in [-0.4, -0.2) is 27.6 Å². The average Bonchev–Trinajstić information content (AvgIpc) is 2.91. The number of carbonyl (C=O) groups is 1. The van der Waals surface area contributed by atoms with Crippen LogP contribution in [0.2, 0.25) is 0 Å². The molecular weight excluding hydrogens is 390 g/mol. The van der Waals surface area contributed by atoms with Gasteiger partial charge in [-0.2, -0.15) is 5.10 Å². The minimum atomic E-state index is -0.217. The van der Waals surface area contributed by atoms with Gasteiger partial charge in [0.1, 0.15) is 5.75 Å². The summed E-state index contributed by atoms with van der Waals surface area (Å²) in [5, 5.41) is 20.6.